The lowest BCUT2D eigenvalue weighted by Gasteiger charge is -2.33. The molecule has 0 radical (unpaired) electrons. The Labute approximate surface area is 115 Å². The average Bonchev–Trinajstić information content (AvgIpc) is 2.42. The van der Waals surface area contributed by atoms with Crippen LogP contribution in [0.1, 0.15) is 58.3 Å². The van der Waals surface area contributed by atoms with Crippen molar-refractivity contribution in [2.45, 2.75) is 64.3 Å². The minimum Gasteiger partial charge on any atom is -0.343 e. The molecule has 0 aromatic heterocycles. The maximum absolute atomic E-state index is 12.2. The van der Waals surface area contributed by atoms with E-state index in [2.05, 4.69) is 5.32 Å². The Kier molecular flexibility index (Phi) is 5.23. The zero-order chi connectivity index (χ0) is 13.7. The molecule has 1 heterocycles. The first-order valence-electron chi connectivity index (χ1n) is 7.79. The Bertz CT molecular complexity index is 324. The van der Waals surface area contributed by atoms with Crippen LogP contribution in [0.3, 0.4) is 0 Å². The molecule has 4 heteroatoms. The molecule has 1 aliphatic heterocycles. The Morgan fingerprint density at radius 3 is 2.58 bits per heavy atom. The third kappa shape index (κ3) is 3.95. The highest BCUT2D eigenvalue weighted by Crippen LogP contribution is 2.26. The molecular formula is C15H26N2O2. The molecule has 1 aliphatic carbocycles. The number of hydrogen-bond acceptors (Lipinski definition) is 2. The topological polar surface area (TPSA) is 49.4 Å². The summed E-state index contributed by atoms with van der Waals surface area (Å²) < 4.78 is 0. The lowest BCUT2D eigenvalue weighted by Crippen LogP contribution is -2.58. The van der Waals surface area contributed by atoms with Gasteiger partial charge < -0.3 is 10.2 Å². The fourth-order valence-corrected chi connectivity index (χ4v) is 3.26. The second-order valence-electron chi connectivity index (χ2n) is 5.96. The molecule has 0 aromatic carbocycles. The van der Waals surface area contributed by atoms with E-state index in [1.54, 1.807) is 4.90 Å². The van der Waals surface area contributed by atoms with Gasteiger partial charge in [-0.05, 0) is 18.8 Å². The molecule has 19 heavy (non-hydrogen) atoms. The fourth-order valence-electron chi connectivity index (χ4n) is 3.26. The first-order valence-corrected chi connectivity index (χ1v) is 7.79. The van der Waals surface area contributed by atoms with Crippen molar-refractivity contribution in [1.82, 2.24) is 10.2 Å². The largest absolute Gasteiger partial charge is 0.343 e. The Morgan fingerprint density at radius 1 is 1.16 bits per heavy atom. The highest BCUT2D eigenvalue weighted by atomic mass is 16.2. The average molecular weight is 266 g/mol. The SMILES string of the molecule is CCCC1NC(=O)CN(CCC2CCCCC2)C1=O. The maximum atomic E-state index is 12.2. The predicted octanol–water partition coefficient (Wildman–Crippen LogP) is 2.08. The number of piperazine rings is 1. The van der Waals surface area contributed by atoms with Gasteiger partial charge in [-0.1, -0.05) is 45.4 Å². The van der Waals surface area contributed by atoms with Gasteiger partial charge in [-0.15, -0.1) is 0 Å². The van der Waals surface area contributed by atoms with Gasteiger partial charge in [0, 0.05) is 6.54 Å². The standard InChI is InChI=1S/C15H26N2O2/c1-2-6-13-15(19)17(11-14(18)16-13)10-9-12-7-4-3-5-8-12/h12-13H,2-11H2,1H3,(H,16,18). The van der Waals surface area contributed by atoms with Crippen molar-refractivity contribution in [3.05, 3.63) is 0 Å². The third-order valence-corrected chi connectivity index (χ3v) is 4.39. The van der Waals surface area contributed by atoms with Crippen LogP contribution in [0, 0.1) is 5.92 Å². The van der Waals surface area contributed by atoms with Crippen molar-refractivity contribution in [2.75, 3.05) is 13.1 Å². The first-order chi connectivity index (χ1) is 9.20. The molecule has 4 nitrogen and oxygen atoms in total. The molecule has 0 bridgehead atoms. The van der Waals surface area contributed by atoms with Gasteiger partial charge in [-0.3, -0.25) is 9.59 Å². The Balaban J connectivity index is 1.83. The number of hydrogen-bond donors (Lipinski definition) is 1. The number of amides is 2. The lowest BCUT2D eigenvalue weighted by molar-refractivity contribution is -0.144. The van der Waals surface area contributed by atoms with Crippen LogP contribution >= 0.6 is 0 Å². The van der Waals surface area contributed by atoms with Crippen molar-refractivity contribution in [2.24, 2.45) is 5.92 Å². The summed E-state index contributed by atoms with van der Waals surface area (Å²) in [5.41, 5.74) is 0. The Hall–Kier alpha value is -1.06. The van der Waals surface area contributed by atoms with Crippen LogP contribution in [0.25, 0.3) is 0 Å². The van der Waals surface area contributed by atoms with E-state index in [1.165, 1.54) is 32.1 Å². The molecule has 1 unspecified atom stereocenters. The van der Waals surface area contributed by atoms with Crippen molar-refractivity contribution in [1.29, 1.82) is 0 Å². The lowest BCUT2D eigenvalue weighted by atomic mass is 9.87. The summed E-state index contributed by atoms with van der Waals surface area (Å²) in [6.45, 7) is 3.06. The van der Waals surface area contributed by atoms with Crippen LogP contribution < -0.4 is 5.32 Å². The zero-order valence-electron chi connectivity index (χ0n) is 12.0. The summed E-state index contributed by atoms with van der Waals surface area (Å²) in [5, 5.41) is 2.80. The Morgan fingerprint density at radius 2 is 1.89 bits per heavy atom. The highest BCUT2D eigenvalue weighted by Gasteiger charge is 2.31. The van der Waals surface area contributed by atoms with E-state index < -0.39 is 0 Å². The monoisotopic (exact) mass is 266 g/mol. The first kappa shape index (κ1) is 14.4. The smallest absolute Gasteiger partial charge is 0.245 e. The predicted molar refractivity (Wildman–Crippen MR) is 74.6 cm³/mol. The molecule has 0 aromatic rings. The summed E-state index contributed by atoms with van der Waals surface area (Å²) in [7, 11) is 0. The molecule has 2 fully saturated rings. The van der Waals surface area contributed by atoms with E-state index in [9.17, 15) is 9.59 Å². The van der Waals surface area contributed by atoms with E-state index in [1.807, 2.05) is 6.92 Å². The molecule has 2 rings (SSSR count). The number of nitrogens with one attached hydrogen (secondary N) is 1. The fraction of sp³-hybridized carbons (Fsp3) is 0.867. The quantitative estimate of drug-likeness (QED) is 0.828. The van der Waals surface area contributed by atoms with Gasteiger partial charge in [0.25, 0.3) is 0 Å². The summed E-state index contributed by atoms with van der Waals surface area (Å²) in [6, 6.07) is -0.280. The van der Waals surface area contributed by atoms with Crippen LogP contribution in [0.4, 0.5) is 0 Å². The van der Waals surface area contributed by atoms with Crippen LogP contribution in [0.5, 0.6) is 0 Å². The number of nitrogens with zero attached hydrogens (tertiary/aromatic N) is 1. The van der Waals surface area contributed by atoms with E-state index in [4.69, 9.17) is 0 Å². The van der Waals surface area contributed by atoms with E-state index >= 15 is 0 Å². The summed E-state index contributed by atoms with van der Waals surface area (Å²) in [4.78, 5) is 25.7. The van der Waals surface area contributed by atoms with Gasteiger partial charge in [0.1, 0.15) is 6.04 Å². The number of rotatable bonds is 5. The number of carbonyl (C=O) groups excluding carboxylic acids is 2. The molecule has 1 N–H and O–H groups in total. The van der Waals surface area contributed by atoms with Crippen LogP contribution in [0.15, 0.2) is 0 Å². The third-order valence-electron chi connectivity index (χ3n) is 4.39. The molecular weight excluding hydrogens is 240 g/mol. The van der Waals surface area contributed by atoms with E-state index in [0.717, 1.165) is 31.7 Å². The minimum atomic E-state index is -0.280. The zero-order valence-corrected chi connectivity index (χ0v) is 12.0. The minimum absolute atomic E-state index is 0.00157. The molecule has 2 aliphatic rings. The normalized spacial score (nSPS) is 25.5. The van der Waals surface area contributed by atoms with Crippen LogP contribution in [-0.4, -0.2) is 35.8 Å². The van der Waals surface area contributed by atoms with Gasteiger partial charge in [0.05, 0.1) is 6.54 Å². The van der Waals surface area contributed by atoms with Gasteiger partial charge >= 0.3 is 0 Å². The second kappa shape index (κ2) is 6.92. The van der Waals surface area contributed by atoms with E-state index in [-0.39, 0.29) is 24.4 Å². The van der Waals surface area contributed by atoms with Gasteiger partial charge in [-0.25, -0.2) is 0 Å². The highest BCUT2D eigenvalue weighted by molar-refractivity contribution is 5.94. The van der Waals surface area contributed by atoms with Crippen molar-refractivity contribution < 1.29 is 9.59 Å². The van der Waals surface area contributed by atoms with Crippen molar-refractivity contribution >= 4 is 11.8 Å². The van der Waals surface area contributed by atoms with Crippen molar-refractivity contribution in [3.63, 3.8) is 0 Å². The van der Waals surface area contributed by atoms with Gasteiger partial charge in [0.2, 0.25) is 11.8 Å². The molecule has 1 saturated heterocycles. The molecule has 1 atom stereocenters. The molecule has 2 amide bonds. The molecule has 108 valence electrons. The molecule has 1 saturated carbocycles. The second-order valence-corrected chi connectivity index (χ2v) is 5.96. The summed E-state index contributed by atoms with van der Waals surface area (Å²) >= 11 is 0. The van der Waals surface area contributed by atoms with Crippen LogP contribution in [-0.2, 0) is 9.59 Å². The summed E-state index contributed by atoms with van der Waals surface area (Å²) in [5.74, 6) is 0.884. The van der Waals surface area contributed by atoms with Crippen LogP contribution in [0.2, 0.25) is 0 Å². The molecule has 0 spiro atoms. The van der Waals surface area contributed by atoms with Gasteiger partial charge in [0.15, 0.2) is 0 Å². The number of carbonyl (C=O) groups is 2. The van der Waals surface area contributed by atoms with Crippen molar-refractivity contribution in [3.8, 4) is 0 Å². The van der Waals surface area contributed by atoms with E-state index in [0.29, 0.717) is 0 Å². The maximum Gasteiger partial charge on any atom is 0.245 e. The summed E-state index contributed by atoms with van der Waals surface area (Å²) in [6.07, 6.45) is 9.37. The van der Waals surface area contributed by atoms with Gasteiger partial charge in [-0.2, -0.15) is 0 Å².